The maximum absolute atomic E-state index is 12.4. The minimum absolute atomic E-state index is 0.0146. The second-order valence-electron chi connectivity index (χ2n) is 7.01. The lowest BCUT2D eigenvalue weighted by Crippen LogP contribution is -2.45. The zero-order valence-corrected chi connectivity index (χ0v) is 13.5. The maximum atomic E-state index is 12.4. The van der Waals surface area contributed by atoms with Crippen LogP contribution in [-0.4, -0.2) is 40.1 Å². The van der Waals surface area contributed by atoms with Gasteiger partial charge in [0.2, 0.25) is 0 Å². The average molecular weight is 336 g/mol. The largest absolute Gasteiger partial charge is 0.480 e. The predicted octanol–water partition coefficient (Wildman–Crippen LogP) is 0.934. The zero-order valence-electron chi connectivity index (χ0n) is 13.5. The summed E-state index contributed by atoms with van der Waals surface area (Å²) in [7, 11) is 0. The Morgan fingerprint density at radius 3 is 2.25 bits per heavy atom. The van der Waals surface area contributed by atoms with Crippen LogP contribution in [-0.2, 0) is 19.2 Å². The van der Waals surface area contributed by atoms with E-state index in [-0.39, 0.29) is 24.2 Å². The van der Waals surface area contributed by atoms with E-state index >= 15 is 0 Å². The Bertz CT molecular complexity index is 598. The van der Waals surface area contributed by atoms with Gasteiger partial charge in [0.05, 0.1) is 11.8 Å². The molecule has 0 aromatic carbocycles. The average Bonchev–Trinajstić information content (AvgIpc) is 3.16. The zero-order chi connectivity index (χ0) is 17.6. The first-order chi connectivity index (χ1) is 11.3. The van der Waals surface area contributed by atoms with Gasteiger partial charge in [-0.3, -0.25) is 9.59 Å². The van der Waals surface area contributed by atoms with E-state index < -0.39 is 41.8 Å². The molecule has 130 valence electrons. The number of carbonyl (C=O) groups excluding carboxylic acids is 3. The smallest absolute Gasteiger partial charge is 0.432 e. The fourth-order valence-corrected chi connectivity index (χ4v) is 3.91. The quantitative estimate of drug-likeness (QED) is 0.570. The number of nitrogens with one attached hydrogen (secondary N) is 1. The van der Waals surface area contributed by atoms with Gasteiger partial charge in [0.15, 0.2) is 0 Å². The third kappa shape index (κ3) is 2.65. The van der Waals surface area contributed by atoms with E-state index in [2.05, 4.69) is 5.32 Å². The van der Waals surface area contributed by atoms with Crippen LogP contribution in [0, 0.1) is 29.6 Å². The molecule has 2 aliphatic carbocycles. The summed E-state index contributed by atoms with van der Waals surface area (Å²) in [6.45, 7) is 3.64. The van der Waals surface area contributed by atoms with Gasteiger partial charge in [0, 0.05) is 0 Å². The van der Waals surface area contributed by atoms with Gasteiger partial charge in [-0.15, -0.1) is 5.06 Å². The molecular weight excluding hydrogens is 316 g/mol. The lowest BCUT2D eigenvalue weighted by molar-refractivity contribution is -0.174. The summed E-state index contributed by atoms with van der Waals surface area (Å²) in [4.78, 5) is 52.7. The molecule has 8 nitrogen and oxygen atoms in total. The summed E-state index contributed by atoms with van der Waals surface area (Å²) in [5.74, 6) is -3.10. The van der Waals surface area contributed by atoms with Crippen LogP contribution < -0.4 is 5.32 Å². The Labute approximate surface area is 138 Å². The molecule has 2 N–H and O–H groups in total. The van der Waals surface area contributed by atoms with Crippen molar-refractivity contribution < 1.29 is 29.1 Å². The number of imide groups is 1. The second-order valence-corrected chi connectivity index (χ2v) is 7.01. The highest BCUT2D eigenvalue weighted by atomic mass is 16.7. The number of nitrogens with zero attached hydrogens (tertiary/aromatic N) is 1. The highest BCUT2D eigenvalue weighted by Gasteiger charge is 2.60. The summed E-state index contributed by atoms with van der Waals surface area (Å²) in [5, 5.41) is 11.8. The minimum Gasteiger partial charge on any atom is -0.480 e. The Hall–Kier alpha value is -2.38. The lowest BCUT2D eigenvalue weighted by atomic mass is 9.85. The first-order valence-corrected chi connectivity index (χ1v) is 8.07. The highest BCUT2D eigenvalue weighted by molar-refractivity contribution is 6.06. The number of allylic oxidation sites excluding steroid dienone is 2. The van der Waals surface area contributed by atoms with Crippen molar-refractivity contribution in [2.45, 2.75) is 32.7 Å². The number of aliphatic carboxylic acids is 1. The number of hydrogen-bond acceptors (Lipinski definition) is 5. The van der Waals surface area contributed by atoms with Crippen LogP contribution in [0.4, 0.5) is 4.79 Å². The number of amides is 3. The van der Waals surface area contributed by atoms with Crippen molar-refractivity contribution in [1.82, 2.24) is 10.4 Å². The summed E-state index contributed by atoms with van der Waals surface area (Å²) >= 11 is 0. The molecule has 0 aromatic rings. The molecule has 3 aliphatic rings. The molecule has 5 atom stereocenters. The van der Waals surface area contributed by atoms with Gasteiger partial charge < -0.3 is 15.3 Å². The standard InChI is InChI=1S/C16H20N2O6/c1-7(2)5-10(15(21)22)17-16(23)24-18-13(19)11-8-3-4-9(6-8)12(11)14(18)20/h3-4,7-12H,5-6H2,1-2H3,(H,17,23)(H,21,22). The molecule has 3 amide bonds. The van der Waals surface area contributed by atoms with Gasteiger partial charge in [-0.1, -0.05) is 26.0 Å². The molecular formula is C16H20N2O6. The van der Waals surface area contributed by atoms with Gasteiger partial charge in [0.25, 0.3) is 11.8 Å². The molecule has 1 aliphatic heterocycles. The molecule has 0 radical (unpaired) electrons. The summed E-state index contributed by atoms with van der Waals surface area (Å²) in [6, 6.07) is -1.14. The molecule has 8 heteroatoms. The molecule has 5 unspecified atom stereocenters. The van der Waals surface area contributed by atoms with Crippen LogP contribution in [0.2, 0.25) is 0 Å². The molecule has 24 heavy (non-hydrogen) atoms. The molecule has 3 rings (SSSR count). The van der Waals surface area contributed by atoms with Gasteiger partial charge in [-0.25, -0.2) is 9.59 Å². The summed E-state index contributed by atoms with van der Waals surface area (Å²) < 4.78 is 0. The van der Waals surface area contributed by atoms with E-state index in [9.17, 15) is 19.2 Å². The van der Waals surface area contributed by atoms with E-state index in [1.165, 1.54) is 0 Å². The predicted molar refractivity (Wildman–Crippen MR) is 80.1 cm³/mol. The Kier molecular flexibility index (Phi) is 4.06. The van der Waals surface area contributed by atoms with E-state index in [0.717, 1.165) is 6.42 Å². The van der Waals surface area contributed by atoms with Gasteiger partial charge >= 0.3 is 12.1 Å². The third-order valence-corrected chi connectivity index (χ3v) is 4.90. The Morgan fingerprint density at radius 1 is 1.25 bits per heavy atom. The van der Waals surface area contributed by atoms with Gasteiger partial charge in [-0.05, 0) is 30.6 Å². The Balaban J connectivity index is 1.64. The van der Waals surface area contributed by atoms with Crippen LogP contribution in [0.3, 0.4) is 0 Å². The fourth-order valence-electron chi connectivity index (χ4n) is 3.91. The number of rotatable bonds is 5. The topological polar surface area (TPSA) is 113 Å². The third-order valence-electron chi connectivity index (χ3n) is 4.90. The van der Waals surface area contributed by atoms with Crippen molar-refractivity contribution in [3.63, 3.8) is 0 Å². The number of carboxylic acids is 1. The van der Waals surface area contributed by atoms with E-state index in [1.54, 1.807) is 0 Å². The Morgan fingerprint density at radius 2 is 1.79 bits per heavy atom. The molecule has 1 saturated carbocycles. The number of carbonyl (C=O) groups is 4. The SMILES string of the molecule is CC(C)CC(NC(=O)ON1C(=O)C2C3C=CC(C3)C2C1=O)C(=O)O. The number of fused-ring (bicyclic) bond motifs is 5. The van der Waals surface area contributed by atoms with Crippen LogP contribution >= 0.6 is 0 Å². The van der Waals surface area contributed by atoms with Crippen LogP contribution in [0.15, 0.2) is 12.2 Å². The second kappa shape index (κ2) is 5.92. The molecule has 1 heterocycles. The van der Waals surface area contributed by atoms with Gasteiger partial charge in [-0.2, -0.15) is 0 Å². The van der Waals surface area contributed by atoms with Crippen LogP contribution in [0.1, 0.15) is 26.7 Å². The van der Waals surface area contributed by atoms with E-state index in [0.29, 0.717) is 5.06 Å². The van der Waals surface area contributed by atoms with Crippen molar-refractivity contribution in [3.8, 4) is 0 Å². The summed E-state index contributed by atoms with van der Waals surface area (Å²) in [5.41, 5.74) is 0. The van der Waals surface area contributed by atoms with Crippen molar-refractivity contribution in [2.75, 3.05) is 0 Å². The van der Waals surface area contributed by atoms with Crippen molar-refractivity contribution in [2.24, 2.45) is 29.6 Å². The van der Waals surface area contributed by atoms with Crippen molar-refractivity contribution in [3.05, 3.63) is 12.2 Å². The van der Waals surface area contributed by atoms with Crippen LogP contribution in [0.5, 0.6) is 0 Å². The maximum Gasteiger partial charge on any atom is 0.432 e. The molecule has 0 aromatic heterocycles. The lowest BCUT2D eigenvalue weighted by Gasteiger charge is -2.19. The molecule has 0 spiro atoms. The first-order valence-electron chi connectivity index (χ1n) is 8.07. The monoisotopic (exact) mass is 336 g/mol. The van der Waals surface area contributed by atoms with Crippen LogP contribution in [0.25, 0.3) is 0 Å². The fraction of sp³-hybridized carbons (Fsp3) is 0.625. The number of hydroxylamine groups is 2. The minimum atomic E-state index is -1.20. The molecule has 2 fully saturated rings. The molecule has 1 saturated heterocycles. The number of carboxylic acid groups (broad SMARTS) is 1. The van der Waals surface area contributed by atoms with Crippen molar-refractivity contribution >= 4 is 23.9 Å². The molecule has 2 bridgehead atoms. The van der Waals surface area contributed by atoms with Crippen molar-refractivity contribution in [1.29, 1.82) is 0 Å². The van der Waals surface area contributed by atoms with E-state index in [4.69, 9.17) is 9.94 Å². The summed E-state index contributed by atoms with van der Waals surface area (Å²) in [6.07, 6.45) is 3.76. The van der Waals surface area contributed by atoms with Gasteiger partial charge in [0.1, 0.15) is 6.04 Å². The number of hydrogen-bond donors (Lipinski definition) is 2. The first kappa shape index (κ1) is 16.5. The highest BCUT2D eigenvalue weighted by Crippen LogP contribution is 2.52. The normalized spacial score (nSPS) is 31.5. The van der Waals surface area contributed by atoms with E-state index in [1.807, 2.05) is 26.0 Å².